The molecule has 0 aliphatic heterocycles. The van der Waals surface area contributed by atoms with E-state index in [0.717, 1.165) is 18.5 Å². The molecule has 3 heteroatoms. The summed E-state index contributed by atoms with van der Waals surface area (Å²) >= 11 is 0. The van der Waals surface area contributed by atoms with Crippen LogP contribution in [-0.2, 0) is 6.42 Å². The number of nitrogens with zero attached hydrogens (tertiary/aromatic N) is 1. The lowest BCUT2D eigenvalue weighted by molar-refractivity contribution is 0.1000. The van der Waals surface area contributed by atoms with E-state index in [9.17, 15) is 4.79 Å². The van der Waals surface area contributed by atoms with Gasteiger partial charge in [-0.3, -0.25) is 9.78 Å². The van der Waals surface area contributed by atoms with Crippen LogP contribution in [0.5, 0.6) is 0 Å². The molecule has 0 bridgehead atoms. The Bertz CT molecular complexity index is 404. The molecule has 0 fully saturated rings. The number of unbranched alkanes of at least 4 members (excludes halogenated alkanes) is 9. The monoisotopic (exact) mass is 290 g/mol. The molecule has 0 unspecified atom stereocenters. The Hall–Kier alpha value is -1.38. The number of primary amides is 1. The first-order valence-corrected chi connectivity index (χ1v) is 8.48. The summed E-state index contributed by atoms with van der Waals surface area (Å²) in [5.74, 6) is -0.373. The lowest BCUT2D eigenvalue weighted by atomic mass is 10.0. The Labute approximate surface area is 129 Å². The molecule has 0 atom stereocenters. The molecule has 2 N–H and O–H groups in total. The summed E-state index contributed by atoms with van der Waals surface area (Å²) in [5.41, 5.74) is 6.81. The van der Waals surface area contributed by atoms with Gasteiger partial charge in [0.15, 0.2) is 0 Å². The lowest BCUT2D eigenvalue weighted by Crippen LogP contribution is -2.11. The normalized spacial score (nSPS) is 10.7. The van der Waals surface area contributed by atoms with E-state index in [1.54, 1.807) is 12.3 Å². The summed E-state index contributed by atoms with van der Waals surface area (Å²) < 4.78 is 0. The van der Waals surface area contributed by atoms with Crippen LogP contribution in [0.25, 0.3) is 0 Å². The highest BCUT2D eigenvalue weighted by Gasteiger charge is 2.02. The number of nitrogens with two attached hydrogens (primary N) is 1. The van der Waals surface area contributed by atoms with Crippen LogP contribution in [0.2, 0.25) is 0 Å². The van der Waals surface area contributed by atoms with Gasteiger partial charge < -0.3 is 5.73 Å². The topological polar surface area (TPSA) is 56.0 Å². The first kappa shape index (κ1) is 17.7. The molecular weight excluding hydrogens is 260 g/mol. The Balaban J connectivity index is 2.01. The number of carbonyl (C=O) groups excluding carboxylic acids is 1. The van der Waals surface area contributed by atoms with Gasteiger partial charge in [0.05, 0.1) is 0 Å². The number of amides is 1. The van der Waals surface area contributed by atoms with Crippen LogP contribution >= 0.6 is 0 Å². The summed E-state index contributed by atoms with van der Waals surface area (Å²) in [6, 6.07) is 3.49. The average molecular weight is 290 g/mol. The maximum atomic E-state index is 11.1. The van der Waals surface area contributed by atoms with Crippen LogP contribution in [0.3, 0.4) is 0 Å². The van der Waals surface area contributed by atoms with Gasteiger partial charge in [0, 0.05) is 17.5 Å². The largest absolute Gasteiger partial charge is 0.366 e. The zero-order valence-electron chi connectivity index (χ0n) is 13.4. The number of hydrogen-bond donors (Lipinski definition) is 1. The van der Waals surface area contributed by atoms with Gasteiger partial charge in [-0.15, -0.1) is 0 Å². The van der Waals surface area contributed by atoms with E-state index in [1.807, 2.05) is 6.07 Å². The molecule has 1 aromatic heterocycles. The van der Waals surface area contributed by atoms with Crippen LogP contribution in [0.4, 0.5) is 0 Å². The number of aryl methyl sites for hydroxylation is 1. The molecule has 0 saturated heterocycles. The van der Waals surface area contributed by atoms with E-state index >= 15 is 0 Å². The number of aromatic nitrogens is 1. The summed E-state index contributed by atoms with van der Waals surface area (Å²) in [6.07, 6.45) is 15.9. The van der Waals surface area contributed by atoms with Gasteiger partial charge in [-0.1, -0.05) is 64.7 Å². The van der Waals surface area contributed by atoms with Crippen molar-refractivity contribution in [1.29, 1.82) is 0 Å². The van der Waals surface area contributed by atoms with Crippen molar-refractivity contribution in [1.82, 2.24) is 4.98 Å². The van der Waals surface area contributed by atoms with E-state index in [2.05, 4.69) is 11.9 Å². The second kappa shape index (κ2) is 11.3. The summed E-state index contributed by atoms with van der Waals surface area (Å²) in [7, 11) is 0. The van der Waals surface area contributed by atoms with E-state index < -0.39 is 0 Å². The molecule has 3 nitrogen and oxygen atoms in total. The van der Waals surface area contributed by atoms with Gasteiger partial charge in [0.25, 0.3) is 0 Å². The molecule has 0 spiro atoms. The second-order valence-corrected chi connectivity index (χ2v) is 5.83. The predicted molar refractivity (Wildman–Crippen MR) is 88.3 cm³/mol. The Morgan fingerprint density at radius 3 is 2.14 bits per heavy atom. The molecule has 0 aliphatic rings. The van der Waals surface area contributed by atoms with Crippen molar-refractivity contribution in [2.24, 2.45) is 5.73 Å². The van der Waals surface area contributed by atoms with Gasteiger partial charge >= 0.3 is 0 Å². The first-order valence-electron chi connectivity index (χ1n) is 8.48. The van der Waals surface area contributed by atoms with Crippen LogP contribution < -0.4 is 5.73 Å². The Morgan fingerprint density at radius 2 is 1.57 bits per heavy atom. The Morgan fingerprint density at radius 1 is 1.00 bits per heavy atom. The third kappa shape index (κ3) is 8.49. The molecule has 118 valence electrons. The number of rotatable bonds is 12. The summed E-state index contributed by atoms with van der Waals surface area (Å²) in [4.78, 5) is 15.4. The summed E-state index contributed by atoms with van der Waals surface area (Å²) in [6.45, 7) is 2.26. The lowest BCUT2D eigenvalue weighted by Gasteiger charge is -2.03. The van der Waals surface area contributed by atoms with E-state index in [-0.39, 0.29) is 5.91 Å². The zero-order valence-corrected chi connectivity index (χ0v) is 13.4. The van der Waals surface area contributed by atoms with Crippen LogP contribution in [0.1, 0.15) is 87.2 Å². The van der Waals surface area contributed by atoms with Crippen LogP contribution in [-0.4, -0.2) is 10.9 Å². The van der Waals surface area contributed by atoms with Crippen molar-refractivity contribution < 1.29 is 4.79 Å². The summed E-state index contributed by atoms with van der Waals surface area (Å²) in [5, 5.41) is 0. The van der Waals surface area contributed by atoms with Gasteiger partial charge in [0.2, 0.25) is 5.91 Å². The molecule has 1 rings (SSSR count). The standard InChI is InChI=1S/C18H30N2O/c1-2-3-4-5-6-7-8-9-10-11-12-17-15-16(18(19)21)13-14-20-17/h13-15H,2-12H2,1H3,(H2,19,21). The van der Waals surface area contributed by atoms with Gasteiger partial charge in [-0.25, -0.2) is 0 Å². The number of hydrogen-bond acceptors (Lipinski definition) is 2. The SMILES string of the molecule is CCCCCCCCCCCCc1cc(C(N)=O)ccn1. The molecule has 1 amide bonds. The molecule has 0 radical (unpaired) electrons. The number of pyridine rings is 1. The maximum absolute atomic E-state index is 11.1. The van der Waals surface area contributed by atoms with Crippen molar-refractivity contribution in [2.75, 3.05) is 0 Å². The fourth-order valence-electron chi connectivity index (χ4n) is 2.56. The first-order chi connectivity index (χ1) is 10.2. The highest BCUT2D eigenvalue weighted by molar-refractivity contribution is 5.92. The molecule has 1 aromatic rings. The smallest absolute Gasteiger partial charge is 0.248 e. The van der Waals surface area contributed by atoms with Gasteiger partial charge in [-0.05, 0) is 25.0 Å². The molecule has 21 heavy (non-hydrogen) atoms. The van der Waals surface area contributed by atoms with E-state index in [0.29, 0.717) is 5.56 Å². The highest BCUT2D eigenvalue weighted by Crippen LogP contribution is 2.12. The minimum Gasteiger partial charge on any atom is -0.366 e. The average Bonchev–Trinajstić information content (AvgIpc) is 2.49. The molecule has 0 saturated carbocycles. The molecule has 1 heterocycles. The third-order valence-electron chi connectivity index (χ3n) is 3.89. The van der Waals surface area contributed by atoms with Crippen LogP contribution in [0.15, 0.2) is 18.3 Å². The molecule has 0 aromatic carbocycles. The molecular formula is C18H30N2O. The Kier molecular flexibility index (Phi) is 9.51. The predicted octanol–water partition coefficient (Wildman–Crippen LogP) is 4.64. The van der Waals surface area contributed by atoms with Crippen molar-refractivity contribution >= 4 is 5.91 Å². The minimum atomic E-state index is -0.373. The second-order valence-electron chi connectivity index (χ2n) is 5.83. The fraction of sp³-hybridized carbons (Fsp3) is 0.667. The van der Waals surface area contributed by atoms with Crippen molar-refractivity contribution in [2.45, 2.75) is 77.6 Å². The van der Waals surface area contributed by atoms with Crippen LogP contribution in [0, 0.1) is 0 Å². The third-order valence-corrected chi connectivity index (χ3v) is 3.89. The van der Waals surface area contributed by atoms with Gasteiger partial charge in [-0.2, -0.15) is 0 Å². The van der Waals surface area contributed by atoms with Gasteiger partial charge in [0.1, 0.15) is 0 Å². The van der Waals surface area contributed by atoms with Crippen molar-refractivity contribution in [3.63, 3.8) is 0 Å². The minimum absolute atomic E-state index is 0.373. The maximum Gasteiger partial charge on any atom is 0.248 e. The highest BCUT2D eigenvalue weighted by atomic mass is 16.1. The van der Waals surface area contributed by atoms with Crippen molar-refractivity contribution in [3.05, 3.63) is 29.6 Å². The quantitative estimate of drug-likeness (QED) is 0.570. The fourth-order valence-corrected chi connectivity index (χ4v) is 2.56. The molecule has 0 aliphatic carbocycles. The zero-order chi connectivity index (χ0) is 15.3. The van der Waals surface area contributed by atoms with E-state index in [4.69, 9.17) is 5.73 Å². The number of carbonyl (C=O) groups is 1. The van der Waals surface area contributed by atoms with E-state index in [1.165, 1.54) is 57.8 Å². The van der Waals surface area contributed by atoms with Crippen molar-refractivity contribution in [3.8, 4) is 0 Å².